The predicted octanol–water partition coefficient (Wildman–Crippen LogP) is 2.00. The van der Waals surface area contributed by atoms with Crippen molar-refractivity contribution in [3.63, 3.8) is 0 Å². The van der Waals surface area contributed by atoms with Gasteiger partial charge in [-0.05, 0) is 37.0 Å². The van der Waals surface area contributed by atoms with Crippen molar-refractivity contribution in [3.05, 3.63) is 62.9 Å². The average molecular weight is 406 g/mol. The lowest BCUT2D eigenvalue weighted by atomic mass is 9.86. The molecule has 0 unspecified atom stereocenters. The van der Waals surface area contributed by atoms with Gasteiger partial charge < -0.3 is 19.5 Å². The SMILES string of the molecule is CC[C@@]1(O)C(=O)OCc2c1cc1n(c2=O)Cc2c-1nc1ccccc1c2CCCO. The Labute approximate surface area is 172 Å². The topological polar surface area (TPSA) is 102 Å². The number of benzene rings is 1. The summed E-state index contributed by atoms with van der Waals surface area (Å²) in [6, 6.07) is 9.53. The first-order valence-corrected chi connectivity index (χ1v) is 10.2. The van der Waals surface area contributed by atoms with Gasteiger partial charge in [0.25, 0.3) is 5.56 Å². The molecule has 0 saturated carbocycles. The predicted molar refractivity (Wildman–Crippen MR) is 110 cm³/mol. The van der Waals surface area contributed by atoms with Gasteiger partial charge in [0.05, 0.1) is 29.0 Å². The molecule has 0 amide bonds. The molecule has 30 heavy (non-hydrogen) atoms. The Kier molecular flexibility index (Phi) is 4.27. The van der Waals surface area contributed by atoms with Gasteiger partial charge in [-0.15, -0.1) is 0 Å². The van der Waals surface area contributed by atoms with Crippen molar-refractivity contribution in [1.29, 1.82) is 0 Å². The maximum absolute atomic E-state index is 13.3. The zero-order chi connectivity index (χ0) is 21.0. The van der Waals surface area contributed by atoms with Crippen molar-refractivity contribution in [2.45, 2.75) is 44.9 Å². The van der Waals surface area contributed by atoms with Gasteiger partial charge in [-0.2, -0.15) is 0 Å². The molecule has 7 nitrogen and oxygen atoms in total. The highest BCUT2D eigenvalue weighted by molar-refractivity contribution is 5.89. The Balaban J connectivity index is 1.80. The van der Waals surface area contributed by atoms with E-state index >= 15 is 0 Å². The Morgan fingerprint density at radius 3 is 2.80 bits per heavy atom. The number of carbonyl (C=O) groups is 1. The molecule has 5 rings (SSSR count). The van der Waals surface area contributed by atoms with Crippen LogP contribution in [0.1, 0.15) is 42.0 Å². The standard InChI is InChI=1S/C23H22N2O5/c1-2-23(29)17-10-19-20-15(11-25(19)21(27)16(17)12-30-22(23)28)13(7-5-9-26)14-6-3-4-8-18(14)24-20/h3-4,6,8,10,26,29H,2,5,7,9,11-12H2,1H3/t23-/m0/s1. The van der Waals surface area contributed by atoms with E-state index in [-0.39, 0.29) is 25.2 Å². The van der Waals surface area contributed by atoms with E-state index in [9.17, 15) is 19.8 Å². The third-order valence-corrected chi connectivity index (χ3v) is 6.30. The van der Waals surface area contributed by atoms with Crippen LogP contribution in [0.5, 0.6) is 0 Å². The molecular weight excluding hydrogens is 384 g/mol. The second kappa shape index (κ2) is 6.75. The molecule has 0 aliphatic carbocycles. The van der Waals surface area contributed by atoms with Crippen LogP contribution < -0.4 is 5.56 Å². The fourth-order valence-corrected chi connectivity index (χ4v) is 4.65. The van der Waals surface area contributed by atoms with Gasteiger partial charge in [0.1, 0.15) is 6.61 Å². The monoisotopic (exact) mass is 406 g/mol. The number of rotatable bonds is 4. The van der Waals surface area contributed by atoms with Crippen molar-refractivity contribution in [3.8, 4) is 11.4 Å². The van der Waals surface area contributed by atoms with E-state index in [1.807, 2.05) is 24.3 Å². The van der Waals surface area contributed by atoms with Crippen molar-refractivity contribution < 1.29 is 19.7 Å². The second-order valence-corrected chi connectivity index (χ2v) is 7.86. The summed E-state index contributed by atoms with van der Waals surface area (Å²) in [7, 11) is 0. The molecule has 2 aromatic heterocycles. The minimum atomic E-state index is -1.83. The largest absolute Gasteiger partial charge is 0.458 e. The highest BCUT2D eigenvalue weighted by Crippen LogP contribution is 2.40. The summed E-state index contributed by atoms with van der Waals surface area (Å²) in [6.45, 7) is 2.00. The van der Waals surface area contributed by atoms with Crippen LogP contribution in [0, 0.1) is 0 Å². The lowest BCUT2D eigenvalue weighted by Gasteiger charge is -2.31. The highest BCUT2D eigenvalue weighted by Gasteiger charge is 2.45. The first-order chi connectivity index (χ1) is 14.5. The number of aliphatic hydroxyl groups is 2. The Bertz CT molecular complexity index is 1260. The van der Waals surface area contributed by atoms with Crippen molar-refractivity contribution >= 4 is 16.9 Å². The normalized spacial score (nSPS) is 19.4. The van der Waals surface area contributed by atoms with Gasteiger partial charge in [-0.3, -0.25) is 4.79 Å². The van der Waals surface area contributed by atoms with Crippen LogP contribution in [0.3, 0.4) is 0 Å². The molecule has 2 N–H and O–H groups in total. The van der Waals surface area contributed by atoms with Crippen molar-refractivity contribution in [1.82, 2.24) is 9.55 Å². The quantitative estimate of drug-likeness (QED) is 0.503. The van der Waals surface area contributed by atoms with Crippen LogP contribution in [-0.2, 0) is 34.7 Å². The minimum absolute atomic E-state index is 0.0790. The van der Waals surface area contributed by atoms with E-state index in [1.165, 1.54) is 0 Å². The maximum atomic E-state index is 13.3. The molecule has 0 radical (unpaired) electrons. The van der Waals surface area contributed by atoms with Crippen LogP contribution >= 0.6 is 0 Å². The molecule has 154 valence electrons. The lowest BCUT2D eigenvalue weighted by molar-refractivity contribution is -0.172. The number of aryl methyl sites for hydroxylation is 1. The molecule has 0 bridgehead atoms. The lowest BCUT2D eigenvalue weighted by Crippen LogP contribution is -2.44. The van der Waals surface area contributed by atoms with Crippen molar-refractivity contribution in [2.24, 2.45) is 0 Å². The fraction of sp³-hybridized carbons (Fsp3) is 0.348. The van der Waals surface area contributed by atoms with Crippen LogP contribution in [0.2, 0.25) is 0 Å². The Hall–Kier alpha value is -3.03. The number of aliphatic hydroxyl groups excluding tert-OH is 1. The number of hydrogen-bond donors (Lipinski definition) is 2. The van der Waals surface area contributed by atoms with Gasteiger partial charge in [-0.1, -0.05) is 25.1 Å². The molecule has 3 aromatic rings. The minimum Gasteiger partial charge on any atom is -0.458 e. The zero-order valence-electron chi connectivity index (χ0n) is 16.6. The van der Waals surface area contributed by atoms with Gasteiger partial charge in [-0.25, -0.2) is 9.78 Å². The zero-order valence-corrected chi connectivity index (χ0v) is 16.6. The number of hydrogen-bond acceptors (Lipinski definition) is 6. The highest BCUT2D eigenvalue weighted by atomic mass is 16.6. The van der Waals surface area contributed by atoms with Gasteiger partial charge in [0, 0.05) is 23.1 Å². The first-order valence-electron chi connectivity index (χ1n) is 10.2. The van der Waals surface area contributed by atoms with Crippen LogP contribution in [-0.4, -0.2) is 32.3 Å². The second-order valence-electron chi connectivity index (χ2n) is 7.86. The number of carbonyl (C=O) groups excluding carboxylic acids is 1. The molecule has 0 saturated heterocycles. The van der Waals surface area contributed by atoms with Gasteiger partial charge >= 0.3 is 5.97 Å². The third-order valence-electron chi connectivity index (χ3n) is 6.30. The number of fused-ring (bicyclic) bond motifs is 5. The van der Waals surface area contributed by atoms with E-state index in [0.717, 1.165) is 22.0 Å². The van der Waals surface area contributed by atoms with E-state index in [1.54, 1.807) is 17.6 Å². The summed E-state index contributed by atoms with van der Waals surface area (Å²) in [5, 5.41) is 21.4. The number of pyridine rings is 2. The number of para-hydroxylation sites is 1. The Morgan fingerprint density at radius 1 is 1.23 bits per heavy atom. The van der Waals surface area contributed by atoms with E-state index in [4.69, 9.17) is 9.72 Å². The molecule has 4 heterocycles. The molecule has 2 aliphatic heterocycles. The maximum Gasteiger partial charge on any atom is 0.343 e. The number of esters is 1. The number of cyclic esters (lactones) is 1. The molecule has 1 atom stereocenters. The summed E-state index contributed by atoms with van der Waals surface area (Å²) >= 11 is 0. The van der Waals surface area contributed by atoms with E-state index in [0.29, 0.717) is 41.9 Å². The molecular formula is C23H22N2O5. The molecule has 2 aliphatic rings. The van der Waals surface area contributed by atoms with Gasteiger partial charge in [0.2, 0.25) is 0 Å². The van der Waals surface area contributed by atoms with Gasteiger partial charge in [0.15, 0.2) is 5.60 Å². The third kappa shape index (κ3) is 2.49. The summed E-state index contributed by atoms with van der Waals surface area (Å²) in [4.78, 5) is 30.4. The number of aromatic nitrogens is 2. The number of ether oxygens (including phenoxy) is 1. The summed E-state index contributed by atoms with van der Waals surface area (Å²) in [5.41, 5.74) is 2.67. The molecule has 1 aromatic carbocycles. The summed E-state index contributed by atoms with van der Waals surface area (Å²) in [5.74, 6) is -0.727. The summed E-state index contributed by atoms with van der Waals surface area (Å²) in [6.07, 6.45) is 1.40. The smallest absolute Gasteiger partial charge is 0.343 e. The van der Waals surface area contributed by atoms with Crippen LogP contribution in [0.15, 0.2) is 35.1 Å². The van der Waals surface area contributed by atoms with Crippen LogP contribution in [0.25, 0.3) is 22.3 Å². The van der Waals surface area contributed by atoms with Crippen molar-refractivity contribution in [2.75, 3.05) is 6.61 Å². The molecule has 0 spiro atoms. The molecule has 0 fully saturated rings. The number of nitrogens with zero attached hydrogens (tertiary/aromatic N) is 2. The molecule has 7 heteroatoms. The average Bonchev–Trinajstić information content (AvgIpc) is 3.13. The Morgan fingerprint density at radius 2 is 2.03 bits per heavy atom. The van der Waals surface area contributed by atoms with E-state index < -0.39 is 11.6 Å². The van der Waals surface area contributed by atoms with Crippen LogP contribution in [0.4, 0.5) is 0 Å². The first kappa shape index (κ1) is 19.0. The van der Waals surface area contributed by atoms with E-state index in [2.05, 4.69) is 0 Å². The fourth-order valence-electron chi connectivity index (χ4n) is 4.65. The summed E-state index contributed by atoms with van der Waals surface area (Å²) < 4.78 is 6.77.